The van der Waals surface area contributed by atoms with Crippen LogP contribution in [0.1, 0.15) is 16.1 Å². The topological polar surface area (TPSA) is 86.1 Å². The molecular weight excluding hydrogens is 370 g/mol. The van der Waals surface area contributed by atoms with Crippen LogP contribution in [0.4, 0.5) is 4.79 Å². The lowest BCUT2D eigenvalue weighted by Crippen LogP contribution is -2.31. The summed E-state index contributed by atoms with van der Waals surface area (Å²) in [6, 6.07) is 10.3. The summed E-state index contributed by atoms with van der Waals surface area (Å²) >= 11 is 0.853. The normalized spacial score (nSPS) is 15.6. The van der Waals surface area contributed by atoms with Gasteiger partial charge in [-0.15, -0.1) is 0 Å². The molecule has 0 spiro atoms. The Hall–Kier alpha value is -2.84. The van der Waals surface area contributed by atoms with E-state index in [1.54, 1.807) is 36.4 Å². The number of rotatable bonds is 6. The second-order valence-electron chi connectivity index (χ2n) is 5.57. The van der Waals surface area contributed by atoms with Gasteiger partial charge in [-0.3, -0.25) is 14.5 Å². The maximum atomic E-state index is 12.3. The number of carbonyl (C=O) groups excluding carboxylic acids is 3. The van der Waals surface area contributed by atoms with Crippen LogP contribution < -0.4 is 0 Å². The maximum absolute atomic E-state index is 12.3. The lowest BCUT2D eigenvalue weighted by atomic mass is 10.1. The van der Waals surface area contributed by atoms with Gasteiger partial charge in [-0.1, -0.05) is 18.2 Å². The van der Waals surface area contributed by atoms with Gasteiger partial charge in [0, 0.05) is 18.7 Å². The van der Waals surface area contributed by atoms with Crippen molar-refractivity contribution in [2.75, 3.05) is 27.4 Å². The van der Waals surface area contributed by atoms with E-state index in [9.17, 15) is 14.4 Å². The predicted octanol–water partition coefficient (Wildman–Crippen LogP) is 3.42. The zero-order chi connectivity index (χ0) is 19.4. The maximum Gasteiger partial charge on any atom is 0.338 e. The number of carbonyl (C=O) groups is 3. The van der Waals surface area contributed by atoms with E-state index in [1.165, 1.54) is 20.3 Å². The highest BCUT2D eigenvalue weighted by atomic mass is 32.2. The highest BCUT2D eigenvalue weighted by Crippen LogP contribution is 2.33. The number of thioether (sulfide) groups is 1. The van der Waals surface area contributed by atoms with E-state index in [0.717, 1.165) is 16.7 Å². The van der Waals surface area contributed by atoms with Gasteiger partial charge in [-0.25, -0.2) is 4.79 Å². The fourth-order valence-electron chi connectivity index (χ4n) is 2.57. The molecule has 1 aliphatic rings. The van der Waals surface area contributed by atoms with E-state index in [4.69, 9.17) is 13.9 Å². The summed E-state index contributed by atoms with van der Waals surface area (Å²) < 4.78 is 15.5. The van der Waals surface area contributed by atoms with Gasteiger partial charge in [0.1, 0.15) is 11.5 Å². The molecule has 0 bridgehead atoms. The van der Waals surface area contributed by atoms with Gasteiger partial charge in [0.05, 0.1) is 30.7 Å². The molecule has 1 aromatic heterocycles. The molecule has 1 aliphatic heterocycles. The third-order valence-electron chi connectivity index (χ3n) is 3.89. The summed E-state index contributed by atoms with van der Waals surface area (Å²) in [5.74, 6) is 0.0144. The minimum atomic E-state index is -0.470. The van der Waals surface area contributed by atoms with Crippen molar-refractivity contribution in [3.8, 4) is 11.3 Å². The number of ether oxygens (including phenoxy) is 2. The molecule has 1 saturated heterocycles. The molecule has 2 heterocycles. The largest absolute Gasteiger partial charge is 0.465 e. The fraction of sp³-hybridized carbons (Fsp3) is 0.211. The zero-order valence-corrected chi connectivity index (χ0v) is 15.6. The molecule has 3 rings (SSSR count). The molecule has 2 aromatic rings. The van der Waals surface area contributed by atoms with Crippen LogP contribution in [-0.2, 0) is 14.3 Å². The number of hydrogen-bond donors (Lipinski definition) is 0. The fourth-order valence-corrected chi connectivity index (χ4v) is 3.41. The SMILES string of the molecule is COCCN1C(=O)S/C(=C/c2ccc(-c3ccccc3C(=O)OC)o2)C1=O. The molecule has 7 nitrogen and oxygen atoms in total. The number of nitrogens with zero attached hydrogens (tertiary/aromatic N) is 1. The van der Waals surface area contributed by atoms with E-state index in [1.807, 2.05) is 0 Å². The first-order valence-corrected chi connectivity index (χ1v) is 8.88. The molecule has 1 aromatic carbocycles. The van der Waals surface area contributed by atoms with Gasteiger partial charge in [0.25, 0.3) is 11.1 Å². The molecule has 0 unspecified atom stereocenters. The summed E-state index contributed by atoms with van der Waals surface area (Å²) in [5, 5.41) is -0.342. The van der Waals surface area contributed by atoms with Crippen molar-refractivity contribution in [1.29, 1.82) is 0 Å². The van der Waals surface area contributed by atoms with Crippen molar-refractivity contribution >= 4 is 35.0 Å². The van der Waals surface area contributed by atoms with E-state index >= 15 is 0 Å². The van der Waals surface area contributed by atoms with Crippen LogP contribution >= 0.6 is 11.8 Å². The van der Waals surface area contributed by atoms with Crippen LogP contribution in [0.25, 0.3) is 17.4 Å². The van der Waals surface area contributed by atoms with Gasteiger partial charge < -0.3 is 13.9 Å². The molecular formula is C19H17NO6S. The van der Waals surface area contributed by atoms with Crippen molar-refractivity contribution in [3.05, 3.63) is 52.6 Å². The summed E-state index contributed by atoms with van der Waals surface area (Å²) in [7, 11) is 2.82. The van der Waals surface area contributed by atoms with E-state index in [0.29, 0.717) is 22.6 Å². The molecule has 0 radical (unpaired) electrons. The zero-order valence-electron chi connectivity index (χ0n) is 14.8. The monoisotopic (exact) mass is 387 g/mol. The third-order valence-corrected chi connectivity index (χ3v) is 4.80. The Kier molecular flexibility index (Phi) is 5.78. The smallest absolute Gasteiger partial charge is 0.338 e. The first-order chi connectivity index (χ1) is 13.0. The van der Waals surface area contributed by atoms with Crippen molar-refractivity contribution in [2.45, 2.75) is 0 Å². The predicted molar refractivity (Wildman–Crippen MR) is 100 cm³/mol. The number of amides is 2. The highest BCUT2D eigenvalue weighted by Gasteiger charge is 2.34. The molecule has 8 heteroatoms. The van der Waals surface area contributed by atoms with Crippen LogP contribution in [0.15, 0.2) is 45.7 Å². The second-order valence-corrected chi connectivity index (χ2v) is 6.56. The van der Waals surface area contributed by atoms with E-state index in [-0.39, 0.29) is 29.2 Å². The van der Waals surface area contributed by atoms with Gasteiger partial charge in [-0.05, 0) is 30.0 Å². The average Bonchev–Trinajstić information content (AvgIpc) is 3.25. The van der Waals surface area contributed by atoms with Crippen molar-refractivity contribution in [1.82, 2.24) is 4.90 Å². The number of methoxy groups -OCH3 is 2. The molecule has 0 atom stereocenters. The van der Waals surface area contributed by atoms with E-state index < -0.39 is 5.97 Å². The molecule has 0 N–H and O–H groups in total. The molecule has 140 valence electrons. The summed E-state index contributed by atoms with van der Waals surface area (Å²) in [5.41, 5.74) is 0.956. The molecule has 2 amide bonds. The van der Waals surface area contributed by atoms with Crippen LogP contribution in [0.2, 0.25) is 0 Å². The molecule has 0 aliphatic carbocycles. The number of hydrogen-bond acceptors (Lipinski definition) is 7. The Morgan fingerprint density at radius 2 is 1.96 bits per heavy atom. The minimum Gasteiger partial charge on any atom is -0.465 e. The first-order valence-electron chi connectivity index (χ1n) is 8.07. The molecule has 27 heavy (non-hydrogen) atoms. The van der Waals surface area contributed by atoms with Crippen molar-refractivity contribution < 1.29 is 28.3 Å². The summed E-state index contributed by atoms with van der Waals surface area (Å²) in [6.07, 6.45) is 1.52. The lowest BCUT2D eigenvalue weighted by Gasteiger charge is -2.10. The van der Waals surface area contributed by atoms with E-state index in [2.05, 4.69) is 0 Å². The highest BCUT2D eigenvalue weighted by molar-refractivity contribution is 8.18. The number of furan rings is 1. The Balaban J connectivity index is 1.85. The summed E-state index contributed by atoms with van der Waals surface area (Å²) in [4.78, 5) is 37.6. The number of esters is 1. The van der Waals surface area contributed by atoms with Gasteiger partial charge >= 0.3 is 5.97 Å². The Morgan fingerprint density at radius 1 is 1.19 bits per heavy atom. The van der Waals surface area contributed by atoms with Crippen molar-refractivity contribution in [2.24, 2.45) is 0 Å². The van der Waals surface area contributed by atoms with Crippen LogP contribution in [0.5, 0.6) is 0 Å². The van der Waals surface area contributed by atoms with Crippen LogP contribution in [0, 0.1) is 0 Å². The third kappa shape index (κ3) is 3.96. The standard InChI is InChI=1S/C19H17NO6S/c1-24-10-9-20-17(21)16(27-19(20)23)11-12-7-8-15(26-12)13-5-3-4-6-14(13)18(22)25-2/h3-8,11H,9-10H2,1-2H3/b16-11+. The lowest BCUT2D eigenvalue weighted by molar-refractivity contribution is -0.123. The van der Waals surface area contributed by atoms with Gasteiger partial charge in [0.2, 0.25) is 0 Å². The van der Waals surface area contributed by atoms with Gasteiger partial charge in [0.15, 0.2) is 0 Å². The molecule has 1 fully saturated rings. The molecule has 0 saturated carbocycles. The first kappa shape index (κ1) is 18.9. The number of benzene rings is 1. The Morgan fingerprint density at radius 3 is 2.70 bits per heavy atom. The van der Waals surface area contributed by atoms with Crippen molar-refractivity contribution in [3.63, 3.8) is 0 Å². The quantitative estimate of drug-likeness (QED) is 0.554. The van der Waals surface area contributed by atoms with Crippen LogP contribution in [-0.4, -0.2) is 49.4 Å². The Labute approximate surface area is 159 Å². The van der Waals surface area contributed by atoms with Crippen LogP contribution in [0.3, 0.4) is 0 Å². The minimum absolute atomic E-state index is 0.203. The number of imide groups is 1. The second kappa shape index (κ2) is 8.24. The van der Waals surface area contributed by atoms with Gasteiger partial charge in [-0.2, -0.15) is 0 Å². The summed E-state index contributed by atoms with van der Waals surface area (Å²) in [6.45, 7) is 0.481. The Bertz CT molecular complexity index is 916. The average molecular weight is 387 g/mol.